The molecule has 1 saturated heterocycles. The van der Waals surface area contributed by atoms with Crippen LogP contribution in [-0.2, 0) is 17.9 Å². The van der Waals surface area contributed by atoms with Gasteiger partial charge in [-0.15, -0.1) is 0 Å². The zero-order chi connectivity index (χ0) is 14.0. The van der Waals surface area contributed by atoms with E-state index in [1.165, 1.54) is 0 Å². The maximum Gasteiger partial charge on any atom is 0.306 e. The van der Waals surface area contributed by atoms with Gasteiger partial charge >= 0.3 is 5.97 Å². The van der Waals surface area contributed by atoms with E-state index in [-0.39, 0.29) is 11.8 Å². The summed E-state index contributed by atoms with van der Waals surface area (Å²) in [5.41, 5.74) is 0. The molecule has 6 heteroatoms. The molecule has 1 N–H and O–H groups in total. The van der Waals surface area contributed by atoms with Gasteiger partial charge in [0.2, 0.25) is 0 Å². The summed E-state index contributed by atoms with van der Waals surface area (Å²) in [6, 6.07) is 0. The van der Waals surface area contributed by atoms with E-state index in [0.717, 1.165) is 32.0 Å². The summed E-state index contributed by atoms with van der Waals surface area (Å²) in [5.74, 6) is 0.808. The van der Waals surface area contributed by atoms with Crippen LogP contribution < -0.4 is 0 Å². The molecule has 1 fully saturated rings. The predicted octanol–water partition coefficient (Wildman–Crippen LogP) is 1.09. The minimum atomic E-state index is -0.701. The van der Waals surface area contributed by atoms with Gasteiger partial charge < -0.3 is 5.11 Å². The second kappa shape index (κ2) is 5.69. The molecule has 0 amide bonds. The first-order chi connectivity index (χ1) is 8.97. The second-order valence-corrected chi connectivity index (χ2v) is 5.83. The number of hydrogen-bond acceptors (Lipinski definition) is 4. The molecule has 2 heterocycles. The highest BCUT2D eigenvalue weighted by atomic mass is 16.4. The number of aliphatic carboxylic acids is 1. The van der Waals surface area contributed by atoms with Gasteiger partial charge in [0.25, 0.3) is 0 Å². The number of aromatic nitrogens is 3. The van der Waals surface area contributed by atoms with Crippen molar-refractivity contribution in [1.82, 2.24) is 19.7 Å². The Morgan fingerprint density at radius 3 is 2.74 bits per heavy atom. The van der Waals surface area contributed by atoms with Gasteiger partial charge in [-0.3, -0.25) is 9.69 Å². The minimum Gasteiger partial charge on any atom is -0.481 e. The van der Waals surface area contributed by atoms with E-state index < -0.39 is 5.97 Å². The van der Waals surface area contributed by atoms with Gasteiger partial charge in [0, 0.05) is 19.6 Å². The highest BCUT2D eigenvalue weighted by molar-refractivity contribution is 5.70. The van der Waals surface area contributed by atoms with Crippen LogP contribution in [0.1, 0.15) is 26.6 Å². The lowest BCUT2D eigenvalue weighted by atomic mass is 9.87. The van der Waals surface area contributed by atoms with Gasteiger partial charge in [-0.05, 0) is 11.8 Å². The molecular formula is C13H22N4O2. The van der Waals surface area contributed by atoms with Crippen LogP contribution in [0.5, 0.6) is 0 Å². The van der Waals surface area contributed by atoms with E-state index in [9.17, 15) is 4.79 Å². The summed E-state index contributed by atoms with van der Waals surface area (Å²) in [6.07, 6.45) is 1.59. The van der Waals surface area contributed by atoms with Gasteiger partial charge in [0.15, 0.2) is 0 Å². The highest BCUT2D eigenvalue weighted by Crippen LogP contribution is 2.25. The summed E-state index contributed by atoms with van der Waals surface area (Å²) >= 11 is 0. The number of carboxylic acid groups (broad SMARTS) is 1. The van der Waals surface area contributed by atoms with Gasteiger partial charge in [0.05, 0.1) is 12.5 Å². The first kappa shape index (κ1) is 14.0. The molecule has 106 valence electrons. The Morgan fingerprint density at radius 2 is 2.16 bits per heavy atom. The van der Waals surface area contributed by atoms with E-state index in [0.29, 0.717) is 5.92 Å². The van der Waals surface area contributed by atoms with Crippen molar-refractivity contribution in [2.24, 2.45) is 17.8 Å². The summed E-state index contributed by atoms with van der Waals surface area (Å²) in [5, 5.41) is 13.2. The van der Waals surface area contributed by atoms with Gasteiger partial charge in [-0.2, -0.15) is 5.10 Å². The molecule has 1 unspecified atom stereocenters. The third-order valence-electron chi connectivity index (χ3n) is 3.68. The fourth-order valence-corrected chi connectivity index (χ4v) is 2.37. The first-order valence-corrected chi connectivity index (χ1v) is 6.79. The van der Waals surface area contributed by atoms with Crippen LogP contribution in [0.2, 0.25) is 0 Å². The number of nitrogens with zero attached hydrogens (tertiary/aromatic N) is 4. The first-order valence-electron chi connectivity index (χ1n) is 6.79. The molecule has 6 nitrogen and oxygen atoms in total. The lowest BCUT2D eigenvalue weighted by Crippen LogP contribution is -2.50. The molecule has 1 aliphatic heterocycles. The van der Waals surface area contributed by atoms with E-state index in [1.54, 1.807) is 13.3 Å². The monoisotopic (exact) mass is 266 g/mol. The normalized spacial score (nSPS) is 18.5. The van der Waals surface area contributed by atoms with Crippen molar-refractivity contribution in [2.75, 3.05) is 13.1 Å². The van der Waals surface area contributed by atoms with Crippen molar-refractivity contribution in [3.8, 4) is 0 Å². The Morgan fingerprint density at radius 1 is 1.47 bits per heavy atom. The fraction of sp³-hybridized carbons (Fsp3) is 0.769. The summed E-state index contributed by atoms with van der Waals surface area (Å²) < 4.78 is 1.94. The van der Waals surface area contributed by atoms with Gasteiger partial charge in [-0.25, -0.2) is 9.67 Å². The third kappa shape index (κ3) is 3.32. The number of rotatable bonds is 6. The number of carboxylic acids is 1. The van der Waals surface area contributed by atoms with Crippen molar-refractivity contribution < 1.29 is 9.90 Å². The summed E-state index contributed by atoms with van der Waals surface area (Å²) in [4.78, 5) is 17.4. The molecule has 1 aliphatic rings. The Labute approximate surface area is 113 Å². The fourth-order valence-electron chi connectivity index (χ4n) is 2.37. The van der Waals surface area contributed by atoms with Crippen molar-refractivity contribution in [3.63, 3.8) is 0 Å². The molecule has 0 saturated carbocycles. The van der Waals surface area contributed by atoms with Crippen molar-refractivity contribution >= 4 is 5.97 Å². The Balaban J connectivity index is 1.84. The summed E-state index contributed by atoms with van der Waals surface area (Å²) in [6.45, 7) is 9.39. The van der Waals surface area contributed by atoms with Crippen molar-refractivity contribution in [3.05, 3.63) is 12.2 Å². The number of likely N-dealkylation sites (tertiary alicyclic amines) is 1. The Kier molecular flexibility index (Phi) is 4.19. The van der Waals surface area contributed by atoms with Crippen molar-refractivity contribution in [2.45, 2.75) is 33.9 Å². The average molecular weight is 266 g/mol. The van der Waals surface area contributed by atoms with Crippen LogP contribution in [0.15, 0.2) is 6.33 Å². The van der Waals surface area contributed by atoms with Crippen LogP contribution in [0.25, 0.3) is 0 Å². The molecule has 1 aromatic heterocycles. The molecule has 0 aromatic carbocycles. The van der Waals surface area contributed by atoms with E-state index >= 15 is 0 Å². The molecule has 1 atom stereocenters. The van der Waals surface area contributed by atoms with E-state index in [1.807, 2.05) is 4.68 Å². The quantitative estimate of drug-likeness (QED) is 0.834. The maximum absolute atomic E-state index is 10.9. The number of hydrogen-bond donors (Lipinski definition) is 1. The molecule has 2 rings (SSSR count). The molecule has 1 aromatic rings. The predicted molar refractivity (Wildman–Crippen MR) is 70.4 cm³/mol. The maximum atomic E-state index is 10.9. The minimum absolute atomic E-state index is 0.259. The molecular weight excluding hydrogens is 244 g/mol. The molecule has 0 radical (unpaired) electrons. The SMILES string of the molecule is CC(C)Cn1ncnc1CN1CC(C(C)C(=O)O)C1. The molecule has 0 bridgehead atoms. The van der Waals surface area contributed by atoms with Crippen LogP contribution >= 0.6 is 0 Å². The largest absolute Gasteiger partial charge is 0.481 e. The topological polar surface area (TPSA) is 71.2 Å². The lowest BCUT2D eigenvalue weighted by Gasteiger charge is -2.40. The van der Waals surface area contributed by atoms with E-state index in [4.69, 9.17) is 5.11 Å². The Bertz CT molecular complexity index is 438. The second-order valence-electron chi connectivity index (χ2n) is 5.83. The smallest absolute Gasteiger partial charge is 0.306 e. The zero-order valence-electron chi connectivity index (χ0n) is 11.8. The molecule has 0 spiro atoms. The van der Waals surface area contributed by atoms with Crippen LogP contribution in [0.4, 0.5) is 0 Å². The van der Waals surface area contributed by atoms with Gasteiger partial charge in [0.1, 0.15) is 12.2 Å². The third-order valence-corrected chi connectivity index (χ3v) is 3.68. The zero-order valence-corrected chi connectivity index (χ0v) is 11.8. The standard InChI is InChI=1S/C13H22N4O2/c1-9(2)4-17-12(14-8-15-17)7-16-5-11(6-16)10(3)13(18)19/h8-11H,4-7H2,1-3H3,(H,18,19). The van der Waals surface area contributed by atoms with Gasteiger partial charge in [-0.1, -0.05) is 20.8 Å². The lowest BCUT2D eigenvalue weighted by molar-refractivity contribution is -0.145. The Hall–Kier alpha value is -1.43. The van der Waals surface area contributed by atoms with E-state index in [2.05, 4.69) is 28.8 Å². The van der Waals surface area contributed by atoms with Crippen molar-refractivity contribution in [1.29, 1.82) is 0 Å². The summed E-state index contributed by atoms with van der Waals surface area (Å²) in [7, 11) is 0. The highest BCUT2D eigenvalue weighted by Gasteiger charge is 2.35. The van der Waals surface area contributed by atoms with Crippen LogP contribution in [-0.4, -0.2) is 43.8 Å². The average Bonchev–Trinajstić information content (AvgIpc) is 2.68. The molecule has 0 aliphatic carbocycles. The number of carbonyl (C=O) groups is 1. The van der Waals surface area contributed by atoms with Crippen LogP contribution in [0, 0.1) is 17.8 Å². The molecule has 19 heavy (non-hydrogen) atoms. The van der Waals surface area contributed by atoms with Crippen LogP contribution in [0.3, 0.4) is 0 Å².